The minimum atomic E-state index is 0.168. The number of para-hydroxylation sites is 1. The highest BCUT2D eigenvalue weighted by molar-refractivity contribution is 5.76. The van der Waals surface area contributed by atoms with Crippen LogP contribution in [0.1, 0.15) is 36.7 Å². The fraction of sp³-hybridized carbons (Fsp3) is 0.474. The van der Waals surface area contributed by atoms with Crippen molar-refractivity contribution in [3.05, 3.63) is 48.0 Å². The van der Waals surface area contributed by atoms with Crippen LogP contribution in [0.2, 0.25) is 0 Å². The molecule has 1 aromatic carbocycles. The standard InChI is InChI=1S/C19H25N3O2/c1-15-13-21(2)19(20-15)16-7-6-11-22(14-16)18(23)10-12-24-17-8-4-3-5-9-17/h3-5,8-9,13,16H,6-7,10-12,14H2,1-2H3. The molecule has 1 aliphatic heterocycles. The van der Waals surface area contributed by atoms with E-state index in [0.29, 0.717) is 18.9 Å². The number of benzene rings is 1. The van der Waals surface area contributed by atoms with Crippen LogP contribution >= 0.6 is 0 Å². The van der Waals surface area contributed by atoms with Crippen LogP contribution in [0.15, 0.2) is 36.5 Å². The summed E-state index contributed by atoms with van der Waals surface area (Å²) in [7, 11) is 2.03. The van der Waals surface area contributed by atoms with E-state index in [1.54, 1.807) is 0 Å². The Hall–Kier alpha value is -2.30. The van der Waals surface area contributed by atoms with Gasteiger partial charge < -0.3 is 14.2 Å². The first-order chi connectivity index (χ1) is 11.6. The van der Waals surface area contributed by atoms with Crippen molar-refractivity contribution >= 4 is 5.91 Å². The lowest BCUT2D eigenvalue weighted by Crippen LogP contribution is -2.40. The number of carbonyl (C=O) groups excluding carboxylic acids is 1. The predicted octanol–water partition coefficient (Wildman–Crippen LogP) is 2.90. The number of amides is 1. The monoisotopic (exact) mass is 327 g/mol. The van der Waals surface area contributed by atoms with Gasteiger partial charge in [0.2, 0.25) is 5.91 Å². The van der Waals surface area contributed by atoms with Crippen molar-refractivity contribution in [3.8, 4) is 5.75 Å². The van der Waals surface area contributed by atoms with E-state index in [1.807, 2.05) is 55.4 Å². The van der Waals surface area contributed by atoms with Gasteiger partial charge in [-0.2, -0.15) is 0 Å². The van der Waals surface area contributed by atoms with E-state index in [0.717, 1.165) is 43.2 Å². The maximum Gasteiger partial charge on any atom is 0.226 e. The number of aromatic nitrogens is 2. The molecule has 24 heavy (non-hydrogen) atoms. The number of hydrogen-bond acceptors (Lipinski definition) is 3. The minimum Gasteiger partial charge on any atom is -0.493 e. The topological polar surface area (TPSA) is 47.4 Å². The second kappa shape index (κ2) is 7.51. The molecule has 0 bridgehead atoms. The Bertz CT molecular complexity index is 681. The first-order valence-corrected chi connectivity index (χ1v) is 8.59. The van der Waals surface area contributed by atoms with Gasteiger partial charge in [-0.3, -0.25) is 4.79 Å². The van der Waals surface area contributed by atoms with Gasteiger partial charge in [-0.15, -0.1) is 0 Å². The smallest absolute Gasteiger partial charge is 0.226 e. The van der Waals surface area contributed by atoms with E-state index in [2.05, 4.69) is 9.55 Å². The fourth-order valence-electron chi connectivity index (χ4n) is 3.36. The Kier molecular flexibility index (Phi) is 5.18. The third-order valence-corrected chi connectivity index (χ3v) is 4.50. The first-order valence-electron chi connectivity index (χ1n) is 8.59. The third-order valence-electron chi connectivity index (χ3n) is 4.50. The highest BCUT2D eigenvalue weighted by atomic mass is 16.5. The van der Waals surface area contributed by atoms with Gasteiger partial charge in [0.25, 0.3) is 0 Å². The average molecular weight is 327 g/mol. The summed E-state index contributed by atoms with van der Waals surface area (Å²) in [5.41, 5.74) is 1.03. The number of likely N-dealkylation sites (tertiary alicyclic amines) is 1. The van der Waals surface area contributed by atoms with E-state index in [9.17, 15) is 4.79 Å². The van der Waals surface area contributed by atoms with Crippen LogP contribution in [-0.4, -0.2) is 40.1 Å². The van der Waals surface area contributed by atoms with E-state index in [1.165, 1.54) is 0 Å². The van der Waals surface area contributed by atoms with Crippen LogP contribution in [0.4, 0.5) is 0 Å². The molecule has 1 unspecified atom stereocenters. The van der Waals surface area contributed by atoms with Crippen LogP contribution in [0.5, 0.6) is 5.75 Å². The van der Waals surface area contributed by atoms with Crippen molar-refractivity contribution in [3.63, 3.8) is 0 Å². The number of imidazole rings is 1. The predicted molar refractivity (Wildman–Crippen MR) is 93.1 cm³/mol. The lowest BCUT2D eigenvalue weighted by atomic mass is 9.97. The second-order valence-electron chi connectivity index (χ2n) is 6.44. The Balaban J connectivity index is 1.52. The Morgan fingerprint density at radius 3 is 2.83 bits per heavy atom. The lowest BCUT2D eigenvalue weighted by molar-refractivity contribution is -0.133. The van der Waals surface area contributed by atoms with Crippen LogP contribution < -0.4 is 4.74 Å². The number of carbonyl (C=O) groups is 1. The van der Waals surface area contributed by atoms with Crippen molar-refractivity contribution in [2.75, 3.05) is 19.7 Å². The Labute approximate surface area is 143 Å². The molecule has 3 rings (SSSR count). The summed E-state index contributed by atoms with van der Waals surface area (Å²) in [6.07, 6.45) is 4.58. The molecule has 0 saturated carbocycles. The Morgan fingerprint density at radius 2 is 2.12 bits per heavy atom. The Morgan fingerprint density at radius 1 is 1.33 bits per heavy atom. The van der Waals surface area contributed by atoms with Crippen LogP contribution in [0.25, 0.3) is 0 Å². The summed E-state index contributed by atoms with van der Waals surface area (Å²) >= 11 is 0. The maximum absolute atomic E-state index is 12.5. The van der Waals surface area contributed by atoms with Gasteiger partial charge in [0.15, 0.2) is 0 Å². The molecular weight excluding hydrogens is 302 g/mol. The lowest BCUT2D eigenvalue weighted by Gasteiger charge is -2.32. The van der Waals surface area contributed by atoms with E-state index in [-0.39, 0.29) is 5.91 Å². The van der Waals surface area contributed by atoms with Crippen molar-refractivity contribution in [1.29, 1.82) is 0 Å². The molecule has 128 valence electrons. The summed E-state index contributed by atoms with van der Waals surface area (Å²) in [4.78, 5) is 19.1. The number of hydrogen-bond donors (Lipinski definition) is 0. The molecule has 0 N–H and O–H groups in total. The van der Waals surface area contributed by atoms with Crippen LogP contribution in [0.3, 0.4) is 0 Å². The van der Waals surface area contributed by atoms with E-state index < -0.39 is 0 Å². The van der Waals surface area contributed by atoms with Crippen molar-refractivity contribution < 1.29 is 9.53 Å². The summed E-state index contributed by atoms with van der Waals surface area (Å²) in [5, 5.41) is 0. The zero-order chi connectivity index (χ0) is 16.9. The molecular formula is C19H25N3O2. The van der Waals surface area contributed by atoms with E-state index >= 15 is 0 Å². The molecule has 1 fully saturated rings. The summed E-state index contributed by atoms with van der Waals surface area (Å²) in [6.45, 7) is 4.03. The van der Waals surface area contributed by atoms with Crippen molar-refractivity contribution in [2.24, 2.45) is 7.05 Å². The fourth-order valence-corrected chi connectivity index (χ4v) is 3.36. The first kappa shape index (κ1) is 16.6. The van der Waals surface area contributed by atoms with Crippen molar-refractivity contribution in [2.45, 2.75) is 32.1 Å². The molecule has 2 aromatic rings. The van der Waals surface area contributed by atoms with Gasteiger partial charge >= 0.3 is 0 Å². The molecule has 1 amide bonds. The molecule has 0 spiro atoms. The highest BCUT2D eigenvalue weighted by Crippen LogP contribution is 2.26. The summed E-state index contributed by atoms with van der Waals surface area (Å²) < 4.78 is 7.73. The summed E-state index contributed by atoms with van der Waals surface area (Å²) in [5.74, 6) is 2.40. The molecule has 5 heteroatoms. The minimum absolute atomic E-state index is 0.168. The zero-order valence-corrected chi connectivity index (χ0v) is 14.4. The molecule has 1 atom stereocenters. The molecule has 5 nitrogen and oxygen atoms in total. The van der Waals surface area contributed by atoms with Gasteiger partial charge in [0.1, 0.15) is 11.6 Å². The van der Waals surface area contributed by atoms with Crippen LogP contribution in [-0.2, 0) is 11.8 Å². The number of aryl methyl sites for hydroxylation is 2. The second-order valence-corrected chi connectivity index (χ2v) is 6.44. The molecule has 2 heterocycles. The number of nitrogens with zero attached hydrogens (tertiary/aromatic N) is 3. The zero-order valence-electron chi connectivity index (χ0n) is 14.4. The molecule has 0 radical (unpaired) electrons. The van der Waals surface area contributed by atoms with E-state index in [4.69, 9.17) is 4.74 Å². The molecule has 0 aliphatic carbocycles. The summed E-state index contributed by atoms with van der Waals surface area (Å²) in [6, 6.07) is 9.63. The SMILES string of the molecule is Cc1cn(C)c(C2CCCN(C(=O)CCOc3ccccc3)C2)n1. The third kappa shape index (κ3) is 3.96. The van der Waals surface area contributed by atoms with Gasteiger partial charge in [-0.25, -0.2) is 4.98 Å². The quantitative estimate of drug-likeness (QED) is 0.848. The molecule has 1 aromatic heterocycles. The normalized spacial score (nSPS) is 17.8. The van der Waals surface area contributed by atoms with Gasteiger partial charge in [-0.1, -0.05) is 18.2 Å². The van der Waals surface area contributed by atoms with Gasteiger partial charge in [0, 0.05) is 32.3 Å². The van der Waals surface area contributed by atoms with Gasteiger partial charge in [0.05, 0.1) is 18.7 Å². The molecule has 1 saturated heterocycles. The number of piperidine rings is 1. The van der Waals surface area contributed by atoms with Crippen molar-refractivity contribution in [1.82, 2.24) is 14.5 Å². The van der Waals surface area contributed by atoms with Crippen LogP contribution in [0, 0.1) is 6.92 Å². The number of ether oxygens (including phenoxy) is 1. The molecule has 1 aliphatic rings. The number of rotatable bonds is 5. The highest BCUT2D eigenvalue weighted by Gasteiger charge is 2.27. The largest absolute Gasteiger partial charge is 0.493 e. The maximum atomic E-state index is 12.5. The van der Waals surface area contributed by atoms with Gasteiger partial charge in [-0.05, 0) is 31.9 Å². The average Bonchev–Trinajstić information content (AvgIpc) is 2.94.